The van der Waals surface area contributed by atoms with Crippen LogP contribution in [0.2, 0.25) is 0 Å². The minimum atomic E-state index is -0.480. The Morgan fingerprint density at radius 3 is 2.95 bits per heavy atom. The summed E-state index contributed by atoms with van der Waals surface area (Å²) >= 11 is 1.55. The Bertz CT molecular complexity index is 502. The molecule has 0 aromatic carbocycles. The van der Waals surface area contributed by atoms with Crippen molar-refractivity contribution in [3.05, 3.63) is 16.3 Å². The molecular weight excluding hydrogens is 278 g/mol. The maximum atomic E-state index is 11.4. The number of ether oxygens (including phenoxy) is 3. The highest BCUT2D eigenvalue weighted by Crippen LogP contribution is 2.39. The van der Waals surface area contributed by atoms with Crippen molar-refractivity contribution in [3.63, 3.8) is 0 Å². The molecule has 110 valence electrons. The van der Waals surface area contributed by atoms with Gasteiger partial charge in [-0.25, -0.2) is 4.79 Å². The molecule has 5 nitrogen and oxygen atoms in total. The maximum absolute atomic E-state index is 11.4. The first kappa shape index (κ1) is 14.7. The Morgan fingerprint density at radius 1 is 1.45 bits per heavy atom. The molecule has 0 saturated carbocycles. The first-order valence-corrected chi connectivity index (χ1v) is 7.34. The number of nitrogens with one attached hydrogen (secondary N) is 1. The van der Waals surface area contributed by atoms with Gasteiger partial charge in [-0.05, 0) is 26.8 Å². The number of rotatable bonds is 3. The molecule has 1 aromatic rings. The van der Waals surface area contributed by atoms with Crippen molar-refractivity contribution in [1.82, 2.24) is 5.32 Å². The summed E-state index contributed by atoms with van der Waals surface area (Å²) in [6.45, 7) is 7.06. The molecule has 1 aromatic heterocycles. The Labute approximate surface area is 122 Å². The van der Waals surface area contributed by atoms with Crippen molar-refractivity contribution in [2.75, 3.05) is 19.8 Å². The second-order valence-corrected chi connectivity index (χ2v) is 6.19. The standard InChI is InChI=1S/C14H19NO4S/c1-14(2,3)19-13(16)15-6-4-5-11-12-10(9-20-11)17-7-8-18-12/h4-5,9H,6-8H2,1-3H3,(H,15,16). The zero-order valence-electron chi connectivity index (χ0n) is 11.9. The maximum Gasteiger partial charge on any atom is 0.407 e. The van der Waals surface area contributed by atoms with Crippen LogP contribution in [0.15, 0.2) is 11.5 Å². The Morgan fingerprint density at radius 2 is 2.20 bits per heavy atom. The molecule has 6 heteroatoms. The van der Waals surface area contributed by atoms with Gasteiger partial charge in [-0.1, -0.05) is 6.08 Å². The zero-order chi connectivity index (χ0) is 14.6. The molecule has 0 bridgehead atoms. The summed E-state index contributed by atoms with van der Waals surface area (Å²) in [7, 11) is 0. The van der Waals surface area contributed by atoms with E-state index in [2.05, 4.69) is 5.32 Å². The summed E-state index contributed by atoms with van der Waals surface area (Å²) in [6, 6.07) is 0. The highest BCUT2D eigenvalue weighted by atomic mass is 32.1. The quantitative estimate of drug-likeness (QED) is 0.931. The van der Waals surface area contributed by atoms with Crippen LogP contribution in [0, 0.1) is 0 Å². The smallest absolute Gasteiger partial charge is 0.407 e. The first-order valence-electron chi connectivity index (χ1n) is 6.46. The van der Waals surface area contributed by atoms with Gasteiger partial charge in [0.15, 0.2) is 11.5 Å². The summed E-state index contributed by atoms with van der Waals surface area (Å²) in [5.41, 5.74) is -0.480. The van der Waals surface area contributed by atoms with Crippen molar-refractivity contribution < 1.29 is 19.0 Å². The predicted molar refractivity (Wildman–Crippen MR) is 78.6 cm³/mol. The van der Waals surface area contributed by atoms with E-state index >= 15 is 0 Å². The van der Waals surface area contributed by atoms with E-state index in [-0.39, 0.29) is 0 Å². The van der Waals surface area contributed by atoms with Gasteiger partial charge in [0.1, 0.15) is 18.8 Å². The third kappa shape index (κ3) is 4.16. The lowest BCUT2D eigenvalue weighted by atomic mass is 10.2. The number of amides is 1. The summed E-state index contributed by atoms with van der Waals surface area (Å²) in [5.74, 6) is 1.58. The highest BCUT2D eigenvalue weighted by Gasteiger charge is 2.17. The van der Waals surface area contributed by atoms with Crippen molar-refractivity contribution in [1.29, 1.82) is 0 Å². The van der Waals surface area contributed by atoms with Crippen LogP contribution in [0.3, 0.4) is 0 Å². The second-order valence-electron chi connectivity index (χ2n) is 5.28. The Kier molecular flexibility index (Phi) is 4.54. The SMILES string of the molecule is CC(C)(C)OC(=O)NCC=Cc1scc2c1OCCO2. The Hall–Kier alpha value is -1.69. The van der Waals surface area contributed by atoms with E-state index < -0.39 is 11.7 Å². The monoisotopic (exact) mass is 297 g/mol. The number of thiophene rings is 1. The van der Waals surface area contributed by atoms with Gasteiger partial charge in [-0.2, -0.15) is 0 Å². The summed E-state index contributed by atoms with van der Waals surface area (Å²) in [6.07, 6.45) is 3.35. The zero-order valence-corrected chi connectivity index (χ0v) is 12.7. The largest absolute Gasteiger partial charge is 0.485 e. The molecule has 0 radical (unpaired) electrons. The molecule has 0 spiro atoms. The van der Waals surface area contributed by atoms with Crippen molar-refractivity contribution in [2.45, 2.75) is 26.4 Å². The summed E-state index contributed by atoms with van der Waals surface area (Å²) < 4.78 is 16.2. The third-order valence-electron chi connectivity index (χ3n) is 2.36. The van der Waals surface area contributed by atoms with E-state index in [4.69, 9.17) is 14.2 Å². The molecule has 0 atom stereocenters. The minimum absolute atomic E-state index is 0.405. The summed E-state index contributed by atoms with van der Waals surface area (Å²) in [5, 5.41) is 4.59. The van der Waals surface area contributed by atoms with Crippen LogP contribution in [0.1, 0.15) is 25.6 Å². The van der Waals surface area contributed by atoms with Gasteiger partial charge in [0.05, 0.1) is 4.88 Å². The molecule has 1 aliphatic rings. The van der Waals surface area contributed by atoms with Crippen LogP contribution < -0.4 is 14.8 Å². The lowest BCUT2D eigenvalue weighted by Gasteiger charge is -2.19. The average Bonchev–Trinajstić information content (AvgIpc) is 2.76. The number of carbonyl (C=O) groups is 1. The molecule has 2 rings (SSSR count). The number of carbonyl (C=O) groups excluding carboxylic acids is 1. The van der Waals surface area contributed by atoms with Crippen molar-refractivity contribution in [2.24, 2.45) is 0 Å². The third-order valence-corrected chi connectivity index (χ3v) is 3.27. The number of hydrogen-bond acceptors (Lipinski definition) is 5. The lowest BCUT2D eigenvalue weighted by molar-refractivity contribution is 0.0534. The fourth-order valence-corrected chi connectivity index (χ4v) is 2.47. The van der Waals surface area contributed by atoms with Gasteiger partial charge in [0.25, 0.3) is 0 Å². The topological polar surface area (TPSA) is 56.8 Å². The van der Waals surface area contributed by atoms with E-state index in [1.807, 2.05) is 38.3 Å². The average molecular weight is 297 g/mol. The van der Waals surface area contributed by atoms with Gasteiger partial charge in [-0.3, -0.25) is 0 Å². The molecule has 1 N–H and O–H groups in total. The number of hydrogen-bond donors (Lipinski definition) is 1. The normalized spacial score (nSPS) is 14.3. The van der Waals surface area contributed by atoms with Crippen LogP contribution in [-0.2, 0) is 4.74 Å². The summed E-state index contributed by atoms with van der Waals surface area (Å²) in [4.78, 5) is 12.4. The van der Waals surface area contributed by atoms with E-state index in [0.717, 1.165) is 16.4 Å². The fraction of sp³-hybridized carbons (Fsp3) is 0.500. The molecule has 20 heavy (non-hydrogen) atoms. The highest BCUT2D eigenvalue weighted by molar-refractivity contribution is 7.11. The van der Waals surface area contributed by atoms with Crippen molar-refractivity contribution >= 4 is 23.5 Å². The predicted octanol–water partition coefficient (Wildman–Crippen LogP) is 3.06. The molecule has 0 unspecified atom stereocenters. The van der Waals surface area contributed by atoms with Crippen LogP contribution in [0.4, 0.5) is 4.79 Å². The number of fused-ring (bicyclic) bond motifs is 1. The molecule has 0 saturated heterocycles. The van der Waals surface area contributed by atoms with E-state index in [9.17, 15) is 4.79 Å². The van der Waals surface area contributed by atoms with E-state index in [1.54, 1.807) is 11.3 Å². The van der Waals surface area contributed by atoms with Crippen LogP contribution in [-0.4, -0.2) is 31.5 Å². The second kappa shape index (κ2) is 6.17. The molecule has 2 heterocycles. The van der Waals surface area contributed by atoms with Crippen LogP contribution >= 0.6 is 11.3 Å². The van der Waals surface area contributed by atoms with Gasteiger partial charge >= 0.3 is 6.09 Å². The lowest BCUT2D eigenvalue weighted by Crippen LogP contribution is -2.32. The molecule has 1 amide bonds. The van der Waals surface area contributed by atoms with Gasteiger partial charge < -0.3 is 19.5 Å². The van der Waals surface area contributed by atoms with Crippen molar-refractivity contribution in [3.8, 4) is 11.5 Å². The fourth-order valence-electron chi connectivity index (χ4n) is 1.62. The van der Waals surface area contributed by atoms with Gasteiger partial charge in [-0.15, -0.1) is 11.3 Å². The van der Waals surface area contributed by atoms with Gasteiger partial charge in [0.2, 0.25) is 0 Å². The Balaban J connectivity index is 1.82. The van der Waals surface area contributed by atoms with Crippen LogP contribution in [0.25, 0.3) is 6.08 Å². The minimum Gasteiger partial charge on any atom is -0.485 e. The van der Waals surface area contributed by atoms with Gasteiger partial charge in [0, 0.05) is 11.9 Å². The van der Waals surface area contributed by atoms with Crippen LogP contribution in [0.5, 0.6) is 11.5 Å². The molecule has 1 aliphatic heterocycles. The first-order chi connectivity index (χ1) is 9.46. The molecule has 0 aliphatic carbocycles. The van der Waals surface area contributed by atoms with E-state index in [1.165, 1.54) is 0 Å². The molecule has 0 fully saturated rings. The van der Waals surface area contributed by atoms with E-state index in [0.29, 0.717) is 19.8 Å². The number of alkyl carbamates (subject to hydrolysis) is 1. The molecular formula is C14H19NO4S.